The molecular weight excluding hydrogens is 504 g/mol. The molecule has 37 heavy (non-hydrogen) atoms. The molecule has 0 atom stereocenters. The van der Waals surface area contributed by atoms with Crippen LogP contribution in [-0.4, -0.2) is 40.2 Å². The molecule has 0 radical (unpaired) electrons. The smallest absolute Gasteiger partial charge is 0.367 e. The summed E-state index contributed by atoms with van der Waals surface area (Å²) in [4.78, 5) is 33.2. The van der Waals surface area contributed by atoms with Crippen LogP contribution in [0, 0.1) is 24.4 Å². The van der Waals surface area contributed by atoms with Crippen molar-refractivity contribution < 1.29 is 40.8 Å². The fourth-order valence-corrected chi connectivity index (χ4v) is 4.32. The zero-order chi connectivity index (χ0) is 26.9. The quantitative estimate of drug-likeness (QED) is 0.263. The van der Waals surface area contributed by atoms with Crippen LogP contribution in [0.5, 0.6) is 0 Å². The Kier molecular flexibility index (Phi) is 7.28. The molecule has 1 aliphatic rings. The Hall–Kier alpha value is -3.83. The predicted octanol–water partition coefficient (Wildman–Crippen LogP) is 5.85. The van der Waals surface area contributed by atoms with Gasteiger partial charge in [-0.15, -0.1) is 0 Å². The van der Waals surface area contributed by atoms with Crippen molar-refractivity contribution in [3.63, 3.8) is 0 Å². The molecule has 0 saturated heterocycles. The Labute approximate surface area is 207 Å². The van der Waals surface area contributed by atoms with Gasteiger partial charge in [-0.05, 0) is 62.4 Å². The number of nitrogens with zero attached hydrogens (tertiary/aromatic N) is 2. The second-order valence-corrected chi connectivity index (χ2v) is 8.72. The van der Waals surface area contributed by atoms with Gasteiger partial charge in [-0.25, -0.2) is 22.9 Å². The molecular formula is C25H21F6N3O3. The van der Waals surface area contributed by atoms with Crippen molar-refractivity contribution in [3.05, 3.63) is 71.0 Å². The Morgan fingerprint density at radius 1 is 1.00 bits per heavy atom. The number of halogens is 6. The number of aromatic nitrogens is 1. The molecule has 3 aromatic rings. The van der Waals surface area contributed by atoms with Crippen LogP contribution < -0.4 is 5.32 Å². The normalized spacial score (nSPS) is 17.9. The van der Waals surface area contributed by atoms with Crippen molar-refractivity contribution in [2.75, 3.05) is 5.32 Å². The van der Waals surface area contributed by atoms with Gasteiger partial charge in [0.1, 0.15) is 5.82 Å². The van der Waals surface area contributed by atoms with Crippen molar-refractivity contribution in [2.45, 2.75) is 50.9 Å². The van der Waals surface area contributed by atoms with E-state index in [0.29, 0.717) is 30.8 Å². The van der Waals surface area contributed by atoms with Crippen molar-refractivity contribution in [1.82, 2.24) is 10.0 Å². The predicted molar refractivity (Wildman–Crippen MR) is 121 cm³/mol. The third-order valence-corrected chi connectivity index (χ3v) is 6.18. The number of nitrogens with one attached hydrogen (secondary N) is 1. The van der Waals surface area contributed by atoms with Gasteiger partial charge in [-0.3, -0.25) is 4.79 Å². The molecule has 1 aliphatic carbocycles. The molecule has 1 heterocycles. The lowest BCUT2D eigenvalue weighted by Gasteiger charge is -2.35. The molecule has 2 aromatic carbocycles. The van der Waals surface area contributed by atoms with Crippen LogP contribution in [0.4, 0.5) is 32.2 Å². The van der Waals surface area contributed by atoms with E-state index in [1.165, 1.54) is 0 Å². The van der Waals surface area contributed by atoms with Crippen LogP contribution in [0.2, 0.25) is 0 Å². The summed E-state index contributed by atoms with van der Waals surface area (Å²) in [5, 5.41) is 4.37. The number of benzene rings is 2. The number of amides is 1. The Morgan fingerprint density at radius 3 is 2.35 bits per heavy atom. The summed E-state index contributed by atoms with van der Waals surface area (Å²) >= 11 is 0. The summed E-state index contributed by atoms with van der Waals surface area (Å²) in [5.74, 6) is -9.08. The maximum Gasteiger partial charge on any atom is 0.493 e. The summed E-state index contributed by atoms with van der Waals surface area (Å²) in [6.07, 6.45) is -4.61. The van der Waals surface area contributed by atoms with E-state index >= 15 is 0 Å². The van der Waals surface area contributed by atoms with Gasteiger partial charge in [0, 0.05) is 11.4 Å². The number of anilines is 1. The molecule has 1 N–H and O–H groups in total. The van der Waals surface area contributed by atoms with Gasteiger partial charge in [-0.1, -0.05) is 18.2 Å². The van der Waals surface area contributed by atoms with E-state index in [2.05, 4.69) is 15.1 Å². The number of hydroxylamine groups is 2. The van der Waals surface area contributed by atoms with E-state index in [0.717, 1.165) is 16.5 Å². The van der Waals surface area contributed by atoms with Gasteiger partial charge in [-0.2, -0.15) is 18.2 Å². The van der Waals surface area contributed by atoms with Crippen LogP contribution in [-0.2, 0) is 9.63 Å². The van der Waals surface area contributed by atoms with Gasteiger partial charge in [0.05, 0.1) is 17.1 Å². The summed E-state index contributed by atoms with van der Waals surface area (Å²) in [7, 11) is 0. The molecule has 4 rings (SSSR count). The fourth-order valence-electron chi connectivity index (χ4n) is 4.32. The number of hydrogen-bond acceptors (Lipinski definition) is 5. The largest absolute Gasteiger partial charge is 0.493 e. The first-order chi connectivity index (χ1) is 17.5. The third-order valence-electron chi connectivity index (χ3n) is 6.18. The zero-order valence-corrected chi connectivity index (χ0v) is 19.4. The second-order valence-electron chi connectivity index (χ2n) is 8.72. The molecule has 1 saturated carbocycles. The molecule has 1 fully saturated rings. The lowest BCUT2D eigenvalue weighted by molar-refractivity contribution is -0.235. The number of aryl methyl sites for hydroxylation is 1. The summed E-state index contributed by atoms with van der Waals surface area (Å²) in [5.41, 5.74) is 0.708. The molecule has 0 aliphatic heterocycles. The third kappa shape index (κ3) is 5.62. The van der Waals surface area contributed by atoms with E-state index < -0.39 is 47.1 Å². The van der Waals surface area contributed by atoms with Gasteiger partial charge >= 0.3 is 12.1 Å². The number of carbonyl (C=O) groups excluding carboxylic acids is 2. The van der Waals surface area contributed by atoms with Gasteiger partial charge in [0.2, 0.25) is 0 Å². The Balaban J connectivity index is 1.51. The highest BCUT2D eigenvalue weighted by Gasteiger charge is 2.45. The van der Waals surface area contributed by atoms with Crippen molar-refractivity contribution in [1.29, 1.82) is 0 Å². The average Bonchev–Trinajstić information content (AvgIpc) is 2.85. The fraction of sp³-hybridized carbons (Fsp3) is 0.320. The molecule has 12 heteroatoms. The molecule has 196 valence electrons. The monoisotopic (exact) mass is 525 g/mol. The number of alkyl halides is 3. The van der Waals surface area contributed by atoms with Crippen molar-refractivity contribution in [2.24, 2.45) is 0 Å². The zero-order valence-electron chi connectivity index (χ0n) is 19.4. The second kappa shape index (κ2) is 10.3. The number of rotatable bonds is 4. The highest BCUT2D eigenvalue weighted by atomic mass is 19.4. The van der Waals surface area contributed by atoms with Crippen LogP contribution in [0.3, 0.4) is 0 Å². The lowest BCUT2D eigenvalue weighted by atomic mass is 9.90. The van der Waals surface area contributed by atoms with Gasteiger partial charge < -0.3 is 10.2 Å². The van der Waals surface area contributed by atoms with Crippen LogP contribution in [0.25, 0.3) is 10.9 Å². The first-order valence-electron chi connectivity index (χ1n) is 11.3. The SMILES string of the molecule is Cc1cc(NC2CCC(N(OC(=O)C(F)(F)F)C(=O)c3ccc(F)c(F)c3F)CC2)nc2ccccc12. The van der Waals surface area contributed by atoms with Crippen molar-refractivity contribution in [3.8, 4) is 0 Å². The van der Waals surface area contributed by atoms with Crippen LogP contribution in [0.15, 0.2) is 42.5 Å². The standard InChI is InChI=1S/C25H21F6N3O3/c1-13-12-20(33-19-5-3-2-4-16(13)19)32-14-6-8-15(9-7-14)34(37-24(36)25(29,30)31)23(35)17-10-11-18(26)22(28)21(17)27/h2-5,10-12,14-15H,6-9H2,1H3,(H,32,33). The van der Waals surface area contributed by atoms with Crippen LogP contribution >= 0.6 is 0 Å². The minimum Gasteiger partial charge on any atom is -0.367 e. The number of pyridine rings is 1. The van der Waals surface area contributed by atoms with E-state index in [-0.39, 0.29) is 23.9 Å². The van der Waals surface area contributed by atoms with E-state index in [1.54, 1.807) is 0 Å². The Bertz CT molecular complexity index is 1340. The number of para-hydroxylation sites is 1. The first kappa shape index (κ1) is 26.2. The number of carbonyl (C=O) groups is 2. The van der Waals surface area contributed by atoms with E-state index in [4.69, 9.17) is 0 Å². The van der Waals surface area contributed by atoms with Crippen LogP contribution in [0.1, 0.15) is 41.6 Å². The molecule has 1 aromatic heterocycles. The molecule has 6 nitrogen and oxygen atoms in total. The maximum absolute atomic E-state index is 14.2. The minimum absolute atomic E-state index is 0.0758. The number of fused-ring (bicyclic) bond motifs is 1. The molecule has 0 bridgehead atoms. The average molecular weight is 525 g/mol. The lowest BCUT2D eigenvalue weighted by Crippen LogP contribution is -2.47. The first-order valence-corrected chi connectivity index (χ1v) is 11.3. The number of hydrogen-bond donors (Lipinski definition) is 1. The molecule has 1 amide bonds. The van der Waals surface area contributed by atoms with E-state index in [9.17, 15) is 35.9 Å². The highest BCUT2D eigenvalue weighted by Crippen LogP contribution is 2.30. The Morgan fingerprint density at radius 2 is 1.68 bits per heavy atom. The topological polar surface area (TPSA) is 71.5 Å². The summed E-state index contributed by atoms with van der Waals surface area (Å²) in [6, 6.07) is 9.22. The highest BCUT2D eigenvalue weighted by molar-refractivity contribution is 5.95. The van der Waals surface area contributed by atoms with Crippen molar-refractivity contribution >= 4 is 28.6 Å². The molecule has 0 spiro atoms. The summed E-state index contributed by atoms with van der Waals surface area (Å²) in [6.45, 7) is 1.93. The van der Waals surface area contributed by atoms with E-state index in [1.807, 2.05) is 37.3 Å². The molecule has 0 unspecified atom stereocenters. The minimum atomic E-state index is -5.44. The maximum atomic E-state index is 14.2. The summed E-state index contributed by atoms with van der Waals surface area (Å²) < 4.78 is 79.8. The van der Waals surface area contributed by atoms with Gasteiger partial charge in [0.15, 0.2) is 17.5 Å². The van der Waals surface area contributed by atoms with Gasteiger partial charge in [0.25, 0.3) is 5.91 Å².